The summed E-state index contributed by atoms with van der Waals surface area (Å²) in [7, 11) is 0. The molecule has 2 aliphatic rings. The van der Waals surface area contributed by atoms with Gasteiger partial charge in [-0.1, -0.05) is 0 Å². The fraction of sp³-hybridized carbons (Fsp3) is 0.556. The van der Waals surface area contributed by atoms with Crippen LogP contribution in [-0.2, 0) is 9.59 Å². The molecule has 2 heterocycles. The van der Waals surface area contributed by atoms with Gasteiger partial charge in [0, 0.05) is 38.3 Å². The highest BCUT2D eigenvalue weighted by Crippen LogP contribution is 2.05. The maximum atomic E-state index is 11.2. The lowest BCUT2D eigenvalue weighted by Gasteiger charge is -2.30. The lowest BCUT2D eigenvalue weighted by atomic mass is 10.4. The summed E-state index contributed by atoms with van der Waals surface area (Å²) in [6.45, 7) is 4.04. The zero-order valence-corrected chi connectivity index (χ0v) is 7.90. The summed E-state index contributed by atoms with van der Waals surface area (Å²) in [6, 6.07) is 0. The molecule has 0 aromatic carbocycles. The van der Waals surface area contributed by atoms with Crippen LogP contribution < -0.4 is 5.32 Å². The minimum atomic E-state index is -0.200. The van der Waals surface area contributed by atoms with Crippen molar-refractivity contribution >= 4 is 11.8 Å². The van der Waals surface area contributed by atoms with Gasteiger partial charge in [0.25, 0.3) is 11.8 Å². The fourth-order valence-corrected chi connectivity index (χ4v) is 1.62. The zero-order chi connectivity index (χ0) is 9.97. The molecular weight excluding hydrogens is 182 g/mol. The Morgan fingerprint density at radius 3 is 2.29 bits per heavy atom. The normalized spacial score (nSPS) is 23.6. The van der Waals surface area contributed by atoms with E-state index in [9.17, 15) is 9.59 Å². The Hall–Kier alpha value is -1.20. The summed E-state index contributed by atoms with van der Waals surface area (Å²) in [5, 5.41) is 3.22. The van der Waals surface area contributed by atoms with E-state index in [0.29, 0.717) is 6.67 Å². The third-order valence-electron chi connectivity index (χ3n) is 2.45. The van der Waals surface area contributed by atoms with E-state index in [-0.39, 0.29) is 11.8 Å². The molecule has 0 aromatic heterocycles. The third-order valence-corrected chi connectivity index (χ3v) is 2.45. The van der Waals surface area contributed by atoms with E-state index >= 15 is 0 Å². The Morgan fingerprint density at radius 1 is 1.14 bits per heavy atom. The number of hydrogen-bond acceptors (Lipinski definition) is 4. The molecule has 1 fully saturated rings. The molecule has 2 rings (SSSR count). The van der Waals surface area contributed by atoms with Crippen molar-refractivity contribution in [2.45, 2.75) is 0 Å². The van der Waals surface area contributed by atoms with E-state index in [0.717, 1.165) is 26.2 Å². The first-order valence-electron chi connectivity index (χ1n) is 4.74. The van der Waals surface area contributed by atoms with Gasteiger partial charge >= 0.3 is 0 Å². The monoisotopic (exact) mass is 195 g/mol. The van der Waals surface area contributed by atoms with Crippen molar-refractivity contribution in [1.29, 1.82) is 0 Å². The van der Waals surface area contributed by atoms with Crippen molar-refractivity contribution in [3.05, 3.63) is 12.2 Å². The van der Waals surface area contributed by atoms with Crippen LogP contribution in [0.2, 0.25) is 0 Å². The van der Waals surface area contributed by atoms with Crippen LogP contribution in [0.3, 0.4) is 0 Å². The lowest BCUT2D eigenvalue weighted by molar-refractivity contribution is -0.139. The van der Waals surface area contributed by atoms with Crippen LogP contribution in [-0.4, -0.2) is 54.5 Å². The first-order valence-corrected chi connectivity index (χ1v) is 4.74. The number of carbonyl (C=O) groups excluding carboxylic acids is 2. The predicted molar refractivity (Wildman–Crippen MR) is 50.3 cm³/mol. The molecule has 2 amide bonds. The lowest BCUT2D eigenvalue weighted by Crippen LogP contribution is -2.49. The van der Waals surface area contributed by atoms with Crippen molar-refractivity contribution in [3.63, 3.8) is 0 Å². The topological polar surface area (TPSA) is 52.7 Å². The molecule has 0 aliphatic carbocycles. The molecule has 1 N–H and O–H groups in total. The van der Waals surface area contributed by atoms with Gasteiger partial charge in [-0.2, -0.15) is 0 Å². The zero-order valence-electron chi connectivity index (χ0n) is 7.90. The molecule has 0 aromatic rings. The SMILES string of the molecule is O=C1C=CC(=O)N1CN1CCNCC1. The van der Waals surface area contributed by atoms with Gasteiger partial charge in [0.05, 0.1) is 6.67 Å². The summed E-state index contributed by atoms with van der Waals surface area (Å²) in [4.78, 5) is 25.8. The average molecular weight is 195 g/mol. The highest BCUT2D eigenvalue weighted by atomic mass is 16.2. The first kappa shape index (κ1) is 9.36. The van der Waals surface area contributed by atoms with Gasteiger partial charge in [0.2, 0.25) is 0 Å². The second-order valence-electron chi connectivity index (χ2n) is 3.45. The number of nitrogens with zero attached hydrogens (tertiary/aromatic N) is 2. The minimum absolute atomic E-state index is 0.200. The second kappa shape index (κ2) is 3.89. The first-order chi connectivity index (χ1) is 6.77. The number of piperazine rings is 1. The van der Waals surface area contributed by atoms with Crippen molar-refractivity contribution in [1.82, 2.24) is 15.1 Å². The number of amides is 2. The van der Waals surface area contributed by atoms with Crippen molar-refractivity contribution < 1.29 is 9.59 Å². The van der Waals surface area contributed by atoms with Gasteiger partial charge in [-0.25, -0.2) is 0 Å². The Morgan fingerprint density at radius 2 is 1.71 bits per heavy atom. The van der Waals surface area contributed by atoms with Crippen LogP contribution in [0, 0.1) is 0 Å². The predicted octanol–water partition coefficient (Wildman–Crippen LogP) is -1.23. The Kier molecular flexibility index (Phi) is 2.60. The summed E-state index contributed by atoms with van der Waals surface area (Å²) in [5.74, 6) is -0.401. The number of hydrogen-bond donors (Lipinski definition) is 1. The molecule has 5 nitrogen and oxygen atoms in total. The summed E-state index contributed by atoms with van der Waals surface area (Å²) in [6.07, 6.45) is 2.65. The second-order valence-corrected chi connectivity index (χ2v) is 3.45. The fourth-order valence-electron chi connectivity index (χ4n) is 1.62. The summed E-state index contributed by atoms with van der Waals surface area (Å²) >= 11 is 0. The number of carbonyl (C=O) groups is 2. The van der Waals surface area contributed by atoms with Crippen molar-refractivity contribution in [3.8, 4) is 0 Å². The Bertz CT molecular complexity index is 264. The van der Waals surface area contributed by atoms with E-state index in [2.05, 4.69) is 10.2 Å². The van der Waals surface area contributed by atoms with Crippen molar-refractivity contribution in [2.24, 2.45) is 0 Å². The van der Waals surface area contributed by atoms with Gasteiger partial charge in [-0.15, -0.1) is 0 Å². The molecule has 0 saturated carbocycles. The van der Waals surface area contributed by atoms with Crippen LogP contribution in [0.25, 0.3) is 0 Å². The molecule has 1 saturated heterocycles. The number of rotatable bonds is 2. The summed E-state index contributed by atoms with van der Waals surface area (Å²) < 4.78 is 0. The molecular formula is C9H13N3O2. The number of imide groups is 1. The molecule has 14 heavy (non-hydrogen) atoms. The van der Waals surface area contributed by atoms with Crippen LogP contribution >= 0.6 is 0 Å². The quantitative estimate of drug-likeness (QED) is 0.561. The molecule has 0 spiro atoms. The number of nitrogens with one attached hydrogen (secondary N) is 1. The highest BCUT2D eigenvalue weighted by molar-refractivity contribution is 6.12. The van der Waals surface area contributed by atoms with E-state index < -0.39 is 0 Å². The highest BCUT2D eigenvalue weighted by Gasteiger charge is 2.25. The van der Waals surface area contributed by atoms with Gasteiger partial charge in [-0.3, -0.25) is 19.4 Å². The van der Waals surface area contributed by atoms with E-state index in [1.54, 1.807) is 0 Å². The standard InChI is InChI=1S/C9H13N3O2/c13-8-1-2-9(14)12(8)7-11-5-3-10-4-6-11/h1-2,10H,3-7H2. The maximum Gasteiger partial charge on any atom is 0.254 e. The van der Waals surface area contributed by atoms with Crippen LogP contribution in [0.15, 0.2) is 12.2 Å². The van der Waals surface area contributed by atoms with Gasteiger partial charge in [0.15, 0.2) is 0 Å². The van der Waals surface area contributed by atoms with E-state index in [1.807, 2.05) is 0 Å². The van der Waals surface area contributed by atoms with Gasteiger partial charge in [-0.05, 0) is 0 Å². The smallest absolute Gasteiger partial charge is 0.254 e. The molecule has 76 valence electrons. The van der Waals surface area contributed by atoms with Crippen LogP contribution in [0.4, 0.5) is 0 Å². The molecule has 0 bridgehead atoms. The largest absolute Gasteiger partial charge is 0.314 e. The molecule has 2 aliphatic heterocycles. The van der Waals surface area contributed by atoms with Crippen LogP contribution in [0.5, 0.6) is 0 Å². The Labute approximate surface area is 82.4 Å². The molecule has 0 atom stereocenters. The maximum absolute atomic E-state index is 11.2. The molecule has 0 radical (unpaired) electrons. The van der Waals surface area contributed by atoms with Gasteiger partial charge < -0.3 is 5.32 Å². The minimum Gasteiger partial charge on any atom is -0.314 e. The molecule has 5 heteroatoms. The Balaban J connectivity index is 1.90. The third kappa shape index (κ3) is 1.83. The summed E-state index contributed by atoms with van der Waals surface area (Å²) in [5.41, 5.74) is 0. The van der Waals surface area contributed by atoms with Gasteiger partial charge in [0.1, 0.15) is 0 Å². The van der Waals surface area contributed by atoms with Crippen molar-refractivity contribution in [2.75, 3.05) is 32.8 Å². The van der Waals surface area contributed by atoms with E-state index in [4.69, 9.17) is 0 Å². The van der Waals surface area contributed by atoms with Crippen LogP contribution in [0.1, 0.15) is 0 Å². The molecule has 0 unspecified atom stereocenters. The average Bonchev–Trinajstić information content (AvgIpc) is 2.51. The van der Waals surface area contributed by atoms with E-state index in [1.165, 1.54) is 17.1 Å².